The second-order valence-electron chi connectivity index (χ2n) is 7.38. The summed E-state index contributed by atoms with van der Waals surface area (Å²) in [4.78, 5) is 12.8. The molecule has 0 saturated heterocycles. The molecule has 2 aliphatic heterocycles. The Labute approximate surface area is 168 Å². The number of benzene rings is 3. The molecule has 2 aliphatic rings. The Balaban J connectivity index is 1.50. The van der Waals surface area contributed by atoms with E-state index in [0.717, 1.165) is 11.1 Å². The summed E-state index contributed by atoms with van der Waals surface area (Å²) in [6.45, 7) is -0.0824. The van der Waals surface area contributed by atoms with Crippen LogP contribution in [0.15, 0.2) is 72.8 Å². The number of ether oxygens (including phenoxy) is 2. The van der Waals surface area contributed by atoms with Crippen molar-refractivity contribution in [3.05, 3.63) is 95.1 Å². The Hall–Kier alpha value is -3.15. The van der Waals surface area contributed by atoms with Gasteiger partial charge in [-0.2, -0.15) is 0 Å². The zero-order valence-electron chi connectivity index (χ0n) is 15.6. The minimum atomic E-state index is -1.22. The summed E-state index contributed by atoms with van der Waals surface area (Å²) in [6.07, 6.45) is -2.42. The molecular weight excluding hydrogens is 368 g/mol. The summed E-state index contributed by atoms with van der Waals surface area (Å²) in [7, 11) is 0. The van der Waals surface area contributed by atoms with Gasteiger partial charge in [-0.25, -0.2) is 0 Å². The molecule has 146 valence electrons. The van der Waals surface area contributed by atoms with E-state index in [1.807, 2.05) is 36.4 Å². The third-order valence-corrected chi connectivity index (χ3v) is 5.67. The maximum Gasteiger partial charge on any atom is 0.210 e. The molecule has 0 amide bonds. The van der Waals surface area contributed by atoms with E-state index in [-0.39, 0.29) is 18.6 Å². The van der Waals surface area contributed by atoms with Crippen molar-refractivity contribution in [2.75, 3.05) is 6.61 Å². The zero-order chi connectivity index (χ0) is 20.0. The van der Waals surface area contributed by atoms with Crippen LogP contribution in [-0.2, 0) is 4.79 Å². The van der Waals surface area contributed by atoms with Crippen LogP contribution in [0.4, 0.5) is 0 Å². The molecule has 5 rings (SSSR count). The predicted octanol–water partition coefficient (Wildman–Crippen LogP) is 3.63. The molecule has 29 heavy (non-hydrogen) atoms. The second-order valence-corrected chi connectivity index (χ2v) is 7.38. The fraction of sp³-hybridized carbons (Fsp3) is 0.208. The van der Waals surface area contributed by atoms with E-state index in [1.54, 1.807) is 36.4 Å². The number of hydrogen-bond donors (Lipinski definition) is 2. The third kappa shape index (κ3) is 2.90. The average Bonchev–Trinajstić information content (AvgIpc) is 3.14. The molecule has 4 atom stereocenters. The van der Waals surface area contributed by atoms with Crippen molar-refractivity contribution in [1.29, 1.82) is 0 Å². The predicted molar refractivity (Wildman–Crippen MR) is 106 cm³/mol. The van der Waals surface area contributed by atoms with Gasteiger partial charge in [0.25, 0.3) is 0 Å². The number of aliphatic hydroxyl groups excluding tert-OH is 2. The molecule has 0 saturated carbocycles. The third-order valence-electron chi connectivity index (χ3n) is 5.67. The van der Waals surface area contributed by atoms with Crippen LogP contribution in [0.2, 0.25) is 0 Å². The number of para-hydroxylation sites is 1. The number of fused-ring (bicyclic) bond motifs is 2. The average molecular weight is 388 g/mol. The molecule has 3 aromatic carbocycles. The minimum Gasteiger partial charge on any atom is -0.485 e. The van der Waals surface area contributed by atoms with Crippen molar-refractivity contribution in [3.8, 4) is 11.5 Å². The van der Waals surface area contributed by atoms with Crippen molar-refractivity contribution in [2.24, 2.45) is 0 Å². The molecule has 3 aromatic rings. The lowest BCUT2D eigenvalue weighted by atomic mass is 9.88. The van der Waals surface area contributed by atoms with Gasteiger partial charge in [0.1, 0.15) is 23.7 Å². The van der Waals surface area contributed by atoms with Crippen LogP contribution in [0.25, 0.3) is 0 Å². The number of carbonyl (C=O) groups excluding carboxylic acids is 1. The van der Waals surface area contributed by atoms with Crippen LogP contribution in [0, 0.1) is 0 Å². The molecule has 0 bridgehead atoms. The molecule has 2 N–H and O–H groups in total. The fourth-order valence-corrected chi connectivity index (χ4v) is 4.17. The maximum atomic E-state index is 12.8. The lowest BCUT2D eigenvalue weighted by Crippen LogP contribution is -2.30. The Morgan fingerprint density at radius 2 is 1.52 bits per heavy atom. The Morgan fingerprint density at radius 1 is 0.793 bits per heavy atom. The Kier molecular flexibility index (Phi) is 4.34. The highest BCUT2D eigenvalue weighted by Gasteiger charge is 2.39. The highest BCUT2D eigenvalue weighted by molar-refractivity contribution is 5.91. The monoisotopic (exact) mass is 388 g/mol. The van der Waals surface area contributed by atoms with Gasteiger partial charge in [0, 0.05) is 16.7 Å². The van der Waals surface area contributed by atoms with Gasteiger partial charge in [-0.3, -0.25) is 4.79 Å². The first-order valence-corrected chi connectivity index (χ1v) is 9.61. The first-order valence-electron chi connectivity index (χ1n) is 9.61. The molecule has 0 aliphatic carbocycles. The highest BCUT2D eigenvalue weighted by Crippen LogP contribution is 2.47. The summed E-state index contributed by atoms with van der Waals surface area (Å²) in [5.41, 5.74) is 2.94. The van der Waals surface area contributed by atoms with Gasteiger partial charge in [-0.1, -0.05) is 54.6 Å². The normalized spacial score (nSPS) is 25.0. The summed E-state index contributed by atoms with van der Waals surface area (Å²) in [5.74, 6) is 0.541. The van der Waals surface area contributed by atoms with Gasteiger partial charge in [-0.15, -0.1) is 0 Å². The van der Waals surface area contributed by atoms with Gasteiger partial charge in [0.15, 0.2) is 6.10 Å². The number of rotatable bonds is 3. The second kappa shape index (κ2) is 7.03. The van der Waals surface area contributed by atoms with E-state index in [0.29, 0.717) is 22.6 Å². The number of hydrogen-bond acceptors (Lipinski definition) is 5. The summed E-state index contributed by atoms with van der Waals surface area (Å²) in [5, 5.41) is 20.5. The molecule has 0 aromatic heterocycles. The Bertz CT molecular complexity index is 1060. The number of Topliss-reactive ketones (excluding diaryl/α,β-unsaturated/α-hetero) is 1. The van der Waals surface area contributed by atoms with Crippen LogP contribution < -0.4 is 9.47 Å². The fourth-order valence-electron chi connectivity index (χ4n) is 4.17. The van der Waals surface area contributed by atoms with Crippen LogP contribution in [-0.4, -0.2) is 22.6 Å². The number of carbonyl (C=O) groups is 1. The van der Waals surface area contributed by atoms with E-state index in [4.69, 9.17) is 9.47 Å². The summed E-state index contributed by atoms with van der Waals surface area (Å²) >= 11 is 0. The van der Waals surface area contributed by atoms with Crippen LogP contribution in [0.1, 0.15) is 46.5 Å². The lowest BCUT2D eigenvalue weighted by molar-refractivity contribution is -0.137. The highest BCUT2D eigenvalue weighted by atomic mass is 16.5. The van der Waals surface area contributed by atoms with Gasteiger partial charge in [-0.05, 0) is 23.8 Å². The van der Waals surface area contributed by atoms with Crippen molar-refractivity contribution >= 4 is 5.78 Å². The molecule has 4 unspecified atom stereocenters. The zero-order valence-corrected chi connectivity index (χ0v) is 15.6. The summed E-state index contributed by atoms with van der Waals surface area (Å²) in [6, 6.07) is 22.2. The SMILES string of the molecule is O=C1C(O)c2ccccc2OC1c1ccc2c(c1)C(CO)C(c1ccccc1)O2. The van der Waals surface area contributed by atoms with Crippen molar-refractivity contribution in [1.82, 2.24) is 0 Å². The lowest BCUT2D eigenvalue weighted by Gasteiger charge is -2.28. The van der Waals surface area contributed by atoms with Crippen LogP contribution in [0.3, 0.4) is 0 Å². The topological polar surface area (TPSA) is 76.0 Å². The van der Waals surface area contributed by atoms with Gasteiger partial charge in [0.05, 0.1) is 12.5 Å². The molecule has 0 fully saturated rings. The van der Waals surface area contributed by atoms with Gasteiger partial charge < -0.3 is 19.7 Å². The van der Waals surface area contributed by atoms with Gasteiger partial charge in [0.2, 0.25) is 5.78 Å². The van der Waals surface area contributed by atoms with Crippen molar-refractivity contribution in [3.63, 3.8) is 0 Å². The largest absolute Gasteiger partial charge is 0.485 e. The molecule has 0 radical (unpaired) electrons. The summed E-state index contributed by atoms with van der Waals surface area (Å²) < 4.78 is 12.0. The smallest absolute Gasteiger partial charge is 0.210 e. The van der Waals surface area contributed by atoms with Crippen molar-refractivity contribution in [2.45, 2.75) is 24.2 Å². The van der Waals surface area contributed by atoms with E-state index in [9.17, 15) is 15.0 Å². The Morgan fingerprint density at radius 3 is 2.31 bits per heavy atom. The molecule has 5 heteroatoms. The standard InChI is InChI=1S/C24H20O5/c25-13-18-17-12-15(10-11-20(17)28-23(18)14-6-2-1-3-7-14)24-22(27)21(26)16-8-4-5-9-19(16)29-24/h1-12,18,21,23-26H,13H2. The molecular formula is C24H20O5. The molecule has 5 nitrogen and oxygen atoms in total. The minimum absolute atomic E-state index is 0.0824. The molecule has 2 heterocycles. The van der Waals surface area contributed by atoms with E-state index in [2.05, 4.69) is 0 Å². The quantitative estimate of drug-likeness (QED) is 0.717. The van der Waals surface area contributed by atoms with Crippen LogP contribution in [0.5, 0.6) is 11.5 Å². The van der Waals surface area contributed by atoms with Crippen LogP contribution >= 0.6 is 0 Å². The van der Waals surface area contributed by atoms with Crippen molar-refractivity contribution < 1.29 is 24.5 Å². The van der Waals surface area contributed by atoms with E-state index >= 15 is 0 Å². The molecule has 0 spiro atoms. The van der Waals surface area contributed by atoms with E-state index in [1.165, 1.54) is 0 Å². The number of aliphatic hydroxyl groups is 2. The first kappa shape index (κ1) is 17.9. The number of ketones is 1. The maximum absolute atomic E-state index is 12.8. The first-order chi connectivity index (χ1) is 14.2. The van der Waals surface area contributed by atoms with Gasteiger partial charge >= 0.3 is 0 Å². The van der Waals surface area contributed by atoms with E-state index < -0.39 is 18.0 Å².